The highest BCUT2D eigenvalue weighted by atomic mass is 35.5. The van der Waals surface area contributed by atoms with Gasteiger partial charge in [-0.1, -0.05) is 41.0 Å². The van der Waals surface area contributed by atoms with Gasteiger partial charge in [-0.3, -0.25) is 19.5 Å². The number of benzene rings is 2. The van der Waals surface area contributed by atoms with Gasteiger partial charge in [0.2, 0.25) is 5.91 Å². The molecule has 0 spiro atoms. The molecule has 1 aromatic heterocycles. The second-order valence-corrected chi connectivity index (χ2v) is 7.10. The average Bonchev–Trinajstić information content (AvgIpc) is 3.10. The van der Waals surface area contributed by atoms with Gasteiger partial charge < -0.3 is 5.32 Å². The topological polar surface area (TPSA) is 90.1 Å². The average molecular weight is 423 g/mol. The Labute approximate surface area is 168 Å². The van der Waals surface area contributed by atoms with E-state index in [-0.39, 0.29) is 28.1 Å². The molecule has 1 heterocycles. The van der Waals surface area contributed by atoms with Crippen LogP contribution in [0.4, 0.5) is 11.4 Å². The molecule has 0 saturated carbocycles. The van der Waals surface area contributed by atoms with E-state index in [1.807, 2.05) is 16.7 Å². The van der Waals surface area contributed by atoms with E-state index in [1.165, 1.54) is 30.0 Å². The summed E-state index contributed by atoms with van der Waals surface area (Å²) in [5, 5.41) is 14.9. The van der Waals surface area contributed by atoms with E-state index in [0.717, 1.165) is 5.69 Å². The highest BCUT2D eigenvalue weighted by Gasteiger charge is 2.14. The van der Waals surface area contributed by atoms with Gasteiger partial charge in [-0.25, -0.2) is 4.98 Å². The lowest BCUT2D eigenvalue weighted by Gasteiger charge is -2.09. The fourth-order valence-electron chi connectivity index (χ4n) is 2.26. The van der Waals surface area contributed by atoms with Crippen molar-refractivity contribution in [3.8, 4) is 5.69 Å². The molecule has 1 amide bonds. The molecule has 0 unspecified atom stereocenters. The van der Waals surface area contributed by atoms with E-state index in [9.17, 15) is 14.9 Å². The molecule has 3 rings (SSSR count). The van der Waals surface area contributed by atoms with E-state index < -0.39 is 4.92 Å². The van der Waals surface area contributed by atoms with Gasteiger partial charge in [-0.05, 0) is 24.3 Å². The summed E-state index contributed by atoms with van der Waals surface area (Å²) in [6, 6.07) is 11.1. The predicted molar refractivity (Wildman–Crippen MR) is 106 cm³/mol. The summed E-state index contributed by atoms with van der Waals surface area (Å²) >= 11 is 13.2. The van der Waals surface area contributed by atoms with Crippen molar-refractivity contribution < 1.29 is 9.72 Å². The van der Waals surface area contributed by atoms with Crippen LogP contribution in [0.2, 0.25) is 10.0 Å². The lowest BCUT2D eigenvalue weighted by atomic mass is 10.3. The molecule has 1 N–H and O–H groups in total. The number of carbonyl (C=O) groups is 1. The SMILES string of the molecule is O=C(CSc1nccn1-c1cccc(Cl)c1)Nc1cc([N+](=O)[O-])ccc1Cl. The van der Waals surface area contributed by atoms with Crippen molar-refractivity contribution in [2.75, 3.05) is 11.1 Å². The second-order valence-electron chi connectivity index (χ2n) is 5.32. The Morgan fingerprint density at radius 2 is 2.07 bits per heavy atom. The van der Waals surface area contributed by atoms with Crippen LogP contribution in [0.15, 0.2) is 60.0 Å². The minimum absolute atomic E-state index is 0.0522. The number of anilines is 1. The van der Waals surface area contributed by atoms with Gasteiger partial charge >= 0.3 is 0 Å². The van der Waals surface area contributed by atoms with Crippen molar-refractivity contribution in [1.29, 1.82) is 0 Å². The van der Waals surface area contributed by atoms with Gasteiger partial charge in [-0.15, -0.1) is 0 Å². The maximum Gasteiger partial charge on any atom is 0.271 e. The number of halogens is 2. The number of thioether (sulfide) groups is 1. The molecule has 0 radical (unpaired) electrons. The third-order valence-electron chi connectivity index (χ3n) is 3.46. The highest BCUT2D eigenvalue weighted by molar-refractivity contribution is 7.99. The summed E-state index contributed by atoms with van der Waals surface area (Å²) in [5.74, 6) is -0.306. The molecule has 0 fully saturated rings. The van der Waals surface area contributed by atoms with Crippen LogP contribution in [0.5, 0.6) is 0 Å². The number of amides is 1. The zero-order chi connectivity index (χ0) is 19.4. The van der Waals surface area contributed by atoms with E-state index in [2.05, 4.69) is 10.3 Å². The molecule has 0 bridgehead atoms. The van der Waals surface area contributed by atoms with Crippen LogP contribution in [-0.2, 0) is 4.79 Å². The summed E-state index contributed by atoms with van der Waals surface area (Å²) in [7, 11) is 0. The summed E-state index contributed by atoms with van der Waals surface area (Å²) in [6.07, 6.45) is 3.39. The van der Waals surface area contributed by atoms with Crippen molar-refractivity contribution in [3.05, 3.63) is 75.0 Å². The molecule has 2 aromatic carbocycles. The van der Waals surface area contributed by atoms with Crippen LogP contribution < -0.4 is 5.32 Å². The Morgan fingerprint density at radius 3 is 2.81 bits per heavy atom. The molecule has 0 saturated heterocycles. The number of non-ortho nitro benzene ring substituents is 1. The fraction of sp³-hybridized carbons (Fsp3) is 0.0588. The quantitative estimate of drug-likeness (QED) is 0.349. The van der Waals surface area contributed by atoms with E-state index in [4.69, 9.17) is 23.2 Å². The molecule has 138 valence electrons. The van der Waals surface area contributed by atoms with Crippen molar-refractivity contribution in [3.63, 3.8) is 0 Å². The maximum absolute atomic E-state index is 12.2. The lowest BCUT2D eigenvalue weighted by molar-refractivity contribution is -0.384. The van der Waals surface area contributed by atoms with Crippen LogP contribution in [0, 0.1) is 10.1 Å². The van der Waals surface area contributed by atoms with Crippen LogP contribution in [-0.4, -0.2) is 26.1 Å². The molecule has 10 heteroatoms. The van der Waals surface area contributed by atoms with E-state index in [1.54, 1.807) is 24.5 Å². The second kappa shape index (κ2) is 8.43. The maximum atomic E-state index is 12.2. The van der Waals surface area contributed by atoms with Crippen LogP contribution in [0.3, 0.4) is 0 Å². The van der Waals surface area contributed by atoms with Gasteiger partial charge in [0.1, 0.15) is 0 Å². The number of nitro groups is 1. The summed E-state index contributed by atoms with van der Waals surface area (Å²) < 4.78 is 1.81. The minimum atomic E-state index is -0.553. The number of carbonyl (C=O) groups excluding carboxylic acids is 1. The Kier molecular flexibility index (Phi) is 6.00. The normalized spacial score (nSPS) is 10.6. The fourth-order valence-corrected chi connectivity index (χ4v) is 3.38. The molecule has 0 atom stereocenters. The predicted octanol–water partition coefficient (Wildman–Crippen LogP) is 4.82. The largest absolute Gasteiger partial charge is 0.324 e. The Bertz CT molecular complexity index is 1010. The number of rotatable bonds is 6. The monoisotopic (exact) mass is 422 g/mol. The first-order valence-corrected chi connectivity index (χ1v) is 9.34. The number of nitro benzene ring substituents is 1. The zero-order valence-electron chi connectivity index (χ0n) is 13.6. The molecule has 0 aliphatic heterocycles. The van der Waals surface area contributed by atoms with Gasteiger partial charge in [0.25, 0.3) is 5.69 Å². The number of nitrogens with zero attached hydrogens (tertiary/aromatic N) is 3. The number of hydrogen-bond donors (Lipinski definition) is 1. The Hall–Kier alpha value is -2.55. The van der Waals surface area contributed by atoms with Gasteiger partial charge in [0.15, 0.2) is 5.16 Å². The molecular formula is C17H12Cl2N4O3S. The van der Waals surface area contributed by atoms with Crippen LogP contribution in [0.25, 0.3) is 5.69 Å². The summed E-state index contributed by atoms with van der Waals surface area (Å²) in [4.78, 5) is 26.8. The van der Waals surface area contributed by atoms with E-state index >= 15 is 0 Å². The minimum Gasteiger partial charge on any atom is -0.324 e. The number of aromatic nitrogens is 2. The molecule has 27 heavy (non-hydrogen) atoms. The number of hydrogen-bond acceptors (Lipinski definition) is 5. The Morgan fingerprint density at radius 1 is 1.26 bits per heavy atom. The first-order chi connectivity index (χ1) is 12.9. The smallest absolute Gasteiger partial charge is 0.271 e. The van der Waals surface area contributed by atoms with E-state index in [0.29, 0.717) is 10.2 Å². The third kappa shape index (κ3) is 4.79. The van der Waals surface area contributed by atoms with Gasteiger partial charge in [0.05, 0.1) is 21.4 Å². The zero-order valence-corrected chi connectivity index (χ0v) is 16.0. The number of imidazole rings is 1. The van der Waals surface area contributed by atoms with Crippen molar-refractivity contribution in [2.45, 2.75) is 5.16 Å². The molecule has 3 aromatic rings. The summed E-state index contributed by atoms with van der Waals surface area (Å²) in [5.41, 5.74) is 0.859. The number of nitrogens with one attached hydrogen (secondary N) is 1. The molecule has 7 nitrogen and oxygen atoms in total. The van der Waals surface area contributed by atoms with Gasteiger partial charge in [0, 0.05) is 35.2 Å². The van der Waals surface area contributed by atoms with Crippen LogP contribution in [0.1, 0.15) is 0 Å². The molecular weight excluding hydrogens is 411 g/mol. The molecule has 0 aliphatic carbocycles. The van der Waals surface area contributed by atoms with Crippen molar-refractivity contribution >= 4 is 52.2 Å². The third-order valence-corrected chi connectivity index (χ3v) is 4.99. The molecule has 0 aliphatic rings. The van der Waals surface area contributed by atoms with Gasteiger partial charge in [-0.2, -0.15) is 0 Å². The first kappa shape index (κ1) is 19.2. The summed E-state index contributed by atoms with van der Waals surface area (Å²) in [6.45, 7) is 0. The first-order valence-electron chi connectivity index (χ1n) is 7.60. The Balaban J connectivity index is 1.68. The van der Waals surface area contributed by atoms with Crippen LogP contribution >= 0.6 is 35.0 Å². The highest BCUT2D eigenvalue weighted by Crippen LogP contribution is 2.27. The van der Waals surface area contributed by atoms with Crippen molar-refractivity contribution in [2.24, 2.45) is 0 Å². The standard InChI is InChI=1S/C17H12Cl2N4O3S/c18-11-2-1-3-12(8-11)22-7-6-20-17(22)27-10-16(24)21-15-9-13(23(25)26)4-5-14(15)19/h1-9H,10H2,(H,21,24). The lowest BCUT2D eigenvalue weighted by Crippen LogP contribution is -2.15. The van der Waals surface area contributed by atoms with Crippen molar-refractivity contribution in [1.82, 2.24) is 9.55 Å².